The summed E-state index contributed by atoms with van der Waals surface area (Å²) < 4.78 is 0. The highest BCUT2D eigenvalue weighted by atomic mass is 16.2. The highest BCUT2D eigenvalue weighted by Crippen LogP contribution is 2.22. The Kier molecular flexibility index (Phi) is 7.85. The highest BCUT2D eigenvalue weighted by molar-refractivity contribution is 5.99. The lowest BCUT2D eigenvalue weighted by molar-refractivity contribution is -0.136. The molecule has 2 aliphatic rings. The third kappa shape index (κ3) is 6.05. The summed E-state index contributed by atoms with van der Waals surface area (Å²) in [6.07, 6.45) is 6.07. The molecule has 2 heterocycles. The monoisotopic (exact) mass is 414 g/mol. The first-order valence-corrected chi connectivity index (χ1v) is 11.2. The van der Waals surface area contributed by atoms with E-state index >= 15 is 0 Å². The minimum Gasteiger partial charge on any atom is -0.330 e. The zero-order chi connectivity index (χ0) is 21.5. The van der Waals surface area contributed by atoms with Crippen molar-refractivity contribution in [2.45, 2.75) is 58.4 Å². The molecule has 2 fully saturated rings. The molecule has 7 heteroatoms. The van der Waals surface area contributed by atoms with E-state index in [1.807, 2.05) is 26.0 Å². The van der Waals surface area contributed by atoms with E-state index in [0.717, 1.165) is 32.4 Å². The van der Waals surface area contributed by atoms with Gasteiger partial charge in [0.05, 0.1) is 6.54 Å². The van der Waals surface area contributed by atoms with Crippen molar-refractivity contribution in [2.75, 3.05) is 36.8 Å². The van der Waals surface area contributed by atoms with Crippen molar-refractivity contribution >= 4 is 29.1 Å². The molecule has 0 spiro atoms. The molecule has 1 aromatic rings. The maximum absolute atomic E-state index is 12.9. The molecule has 0 radical (unpaired) electrons. The van der Waals surface area contributed by atoms with Gasteiger partial charge in [-0.2, -0.15) is 0 Å². The molecule has 3 amide bonds. The Morgan fingerprint density at radius 2 is 1.63 bits per heavy atom. The fourth-order valence-electron chi connectivity index (χ4n) is 4.36. The Hall–Kier alpha value is -2.41. The molecule has 0 bridgehead atoms. The van der Waals surface area contributed by atoms with Crippen LogP contribution in [0, 0.1) is 5.92 Å². The quantitative estimate of drug-likeness (QED) is 0.718. The van der Waals surface area contributed by atoms with Gasteiger partial charge in [-0.3, -0.25) is 19.3 Å². The van der Waals surface area contributed by atoms with Crippen molar-refractivity contribution in [3.63, 3.8) is 0 Å². The summed E-state index contributed by atoms with van der Waals surface area (Å²) in [5.74, 6) is -0.168. The average molecular weight is 415 g/mol. The molecular formula is C23H34N4O3. The van der Waals surface area contributed by atoms with Gasteiger partial charge in [-0.05, 0) is 56.5 Å². The summed E-state index contributed by atoms with van der Waals surface area (Å²) in [6.45, 7) is 6.86. The number of carbonyl (C=O) groups is 3. The average Bonchev–Trinajstić information content (AvgIpc) is 2.93. The van der Waals surface area contributed by atoms with Crippen LogP contribution in [-0.4, -0.2) is 59.7 Å². The number of nitrogens with zero attached hydrogens (tertiary/aromatic N) is 2. The Balaban J connectivity index is 1.59. The SMILES string of the molecule is CC(C)C(C(=O)Nc1cccc(NC(=O)CN2CCCCCC2)c1)N1CCCC1=O. The molecule has 0 aromatic heterocycles. The number of anilines is 2. The van der Waals surface area contributed by atoms with Crippen LogP contribution >= 0.6 is 0 Å². The largest absolute Gasteiger partial charge is 0.330 e. The smallest absolute Gasteiger partial charge is 0.247 e. The number of nitrogens with one attached hydrogen (secondary N) is 2. The second-order valence-electron chi connectivity index (χ2n) is 8.69. The number of carbonyl (C=O) groups excluding carboxylic acids is 3. The first-order chi connectivity index (χ1) is 14.4. The summed E-state index contributed by atoms with van der Waals surface area (Å²) in [6, 6.07) is 6.70. The van der Waals surface area contributed by atoms with Crippen molar-refractivity contribution < 1.29 is 14.4 Å². The molecule has 0 saturated carbocycles. The molecule has 2 saturated heterocycles. The van der Waals surface area contributed by atoms with Crippen LogP contribution in [0.2, 0.25) is 0 Å². The predicted molar refractivity (Wildman–Crippen MR) is 118 cm³/mol. The van der Waals surface area contributed by atoms with Gasteiger partial charge in [-0.25, -0.2) is 0 Å². The highest BCUT2D eigenvalue weighted by Gasteiger charge is 2.34. The van der Waals surface area contributed by atoms with E-state index in [4.69, 9.17) is 0 Å². The summed E-state index contributed by atoms with van der Waals surface area (Å²) in [4.78, 5) is 41.4. The van der Waals surface area contributed by atoms with E-state index in [0.29, 0.717) is 30.9 Å². The van der Waals surface area contributed by atoms with Crippen molar-refractivity contribution in [1.82, 2.24) is 9.80 Å². The van der Waals surface area contributed by atoms with E-state index in [1.165, 1.54) is 12.8 Å². The van der Waals surface area contributed by atoms with Crippen LogP contribution < -0.4 is 10.6 Å². The van der Waals surface area contributed by atoms with Crippen LogP contribution in [-0.2, 0) is 14.4 Å². The lowest BCUT2D eigenvalue weighted by Gasteiger charge is -2.29. The molecule has 1 atom stereocenters. The number of rotatable bonds is 7. The fourth-order valence-corrected chi connectivity index (χ4v) is 4.36. The van der Waals surface area contributed by atoms with Gasteiger partial charge in [-0.1, -0.05) is 32.8 Å². The molecule has 7 nitrogen and oxygen atoms in total. The van der Waals surface area contributed by atoms with Crippen LogP contribution in [0.3, 0.4) is 0 Å². The fraction of sp³-hybridized carbons (Fsp3) is 0.609. The molecule has 0 aliphatic carbocycles. The van der Waals surface area contributed by atoms with Gasteiger partial charge in [0.25, 0.3) is 0 Å². The topological polar surface area (TPSA) is 81.8 Å². The number of amides is 3. The van der Waals surface area contributed by atoms with E-state index < -0.39 is 6.04 Å². The Morgan fingerprint density at radius 3 is 2.23 bits per heavy atom. The van der Waals surface area contributed by atoms with Crippen LogP contribution in [0.1, 0.15) is 52.4 Å². The van der Waals surface area contributed by atoms with E-state index in [1.54, 1.807) is 17.0 Å². The zero-order valence-electron chi connectivity index (χ0n) is 18.2. The standard InChI is InChI=1S/C23H34N4O3/c1-17(2)22(27-14-8-11-21(27)29)23(30)25-19-10-7-9-18(15-19)24-20(28)16-26-12-5-3-4-6-13-26/h7,9-10,15,17,22H,3-6,8,11-14,16H2,1-2H3,(H,24,28)(H,25,30). The van der Waals surface area contributed by atoms with Gasteiger partial charge in [0.2, 0.25) is 17.7 Å². The van der Waals surface area contributed by atoms with Crippen molar-refractivity contribution in [2.24, 2.45) is 5.92 Å². The van der Waals surface area contributed by atoms with Crippen molar-refractivity contribution in [3.8, 4) is 0 Å². The number of benzene rings is 1. The minimum atomic E-state index is -0.485. The Bertz CT molecular complexity index is 757. The Morgan fingerprint density at radius 1 is 0.967 bits per heavy atom. The summed E-state index contributed by atoms with van der Waals surface area (Å²) >= 11 is 0. The van der Waals surface area contributed by atoms with Gasteiger partial charge in [-0.15, -0.1) is 0 Å². The first-order valence-electron chi connectivity index (χ1n) is 11.2. The third-order valence-electron chi connectivity index (χ3n) is 5.83. The van der Waals surface area contributed by atoms with Gasteiger partial charge >= 0.3 is 0 Å². The number of hydrogen-bond donors (Lipinski definition) is 2. The van der Waals surface area contributed by atoms with Gasteiger partial charge < -0.3 is 15.5 Å². The molecular weight excluding hydrogens is 380 g/mol. The molecule has 30 heavy (non-hydrogen) atoms. The predicted octanol–water partition coefficient (Wildman–Crippen LogP) is 3.09. The van der Waals surface area contributed by atoms with E-state index in [2.05, 4.69) is 15.5 Å². The van der Waals surface area contributed by atoms with Gasteiger partial charge in [0.15, 0.2) is 0 Å². The summed E-state index contributed by atoms with van der Waals surface area (Å²) in [5.41, 5.74) is 1.27. The van der Waals surface area contributed by atoms with Crippen LogP contribution in [0.5, 0.6) is 0 Å². The molecule has 2 N–H and O–H groups in total. The van der Waals surface area contributed by atoms with E-state index in [-0.39, 0.29) is 23.6 Å². The summed E-state index contributed by atoms with van der Waals surface area (Å²) in [7, 11) is 0. The minimum absolute atomic E-state index is 0.0172. The van der Waals surface area contributed by atoms with Gasteiger partial charge in [0.1, 0.15) is 6.04 Å². The Labute approximate surface area is 179 Å². The third-order valence-corrected chi connectivity index (χ3v) is 5.83. The molecule has 164 valence electrons. The van der Waals surface area contributed by atoms with Gasteiger partial charge in [0, 0.05) is 24.3 Å². The maximum atomic E-state index is 12.9. The lowest BCUT2D eigenvalue weighted by atomic mass is 10.0. The van der Waals surface area contributed by atoms with Crippen molar-refractivity contribution in [1.29, 1.82) is 0 Å². The summed E-state index contributed by atoms with van der Waals surface area (Å²) in [5, 5.41) is 5.87. The zero-order valence-corrected chi connectivity index (χ0v) is 18.2. The van der Waals surface area contributed by atoms with E-state index in [9.17, 15) is 14.4 Å². The molecule has 3 rings (SSSR count). The first kappa shape index (κ1) is 22.3. The lowest BCUT2D eigenvalue weighted by Crippen LogP contribution is -2.47. The van der Waals surface area contributed by atoms with Crippen LogP contribution in [0.25, 0.3) is 0 Å². The number of likely N-dealkylation sites (tertiary alicyclic amines) is 2. The van der Waals surface area contributed by atoms with Crippen LogP contribution in [0.4, 0.5) is 11.4 Å². The molecule has 1 unspecified atom stereocenters. The second kappa shape index (κ2) is 10.6. The number of hydrogen-bond acceptors (Lipinski definition) is 4. The van der Waals surface area contributed by atoms with Crippen LogP contribution in [0.15, 0.2) is 24.3 Å². The molecule has 1 aromatic carbocycles. The normalized spacial score (nSPS) is 18.9. The van der Waals surface area contributed by atoms with Crippen molar-refractivity contribution in [3.05, 3.63) is 24.3 Å². The second-order valence-corrected chi connectivity index (χ2v) is 8.69. The molecule has 2 aliphatic heterocycles. The maximum Gasteiger partial charge on any atom is 0.247 e.